The third-order valence-electron chi connectivity index (χ3n) is 9.66. The molecule has 288 valence electrons. The average Bonchev–Trinajstić information content (AvgIpc) is 3.88. The number of hydrogen-bond acceptors (Lipinski definition) is 9. The molecule has 2 aliphatic rings. The van der Waals surface area contributed by atoms with Gasteiger partial charge in [-0.25, -0.2) is 14.0 Å². The predicted octanol–water partition coefficient (Wildman–Crippen LogP) is 4.10. The Balaban J connectivity index is 1.39. The molecular weight excluding hydrogens is 697 g/mol. The van der Waals surface area contributed by atoms with Gasteiger partial charge in [-0.15, -0.1) is 11.5 Å². The van der Waals surface area contributed by atoms with Crippen molar-refractivity contribution in [3.8, 4) is 23.6 Å². The van der Waals surface area contributed by atoms with Crippen LogP contribution in [0.3, 0.4) is 0 Å². The summed E-state index contributed by atoms with van der Waals surface area (Å²) in [4.78, 5) is 59.1. The fourth-order valence-electron chi connectivity index (χ4n) is 6.80. The molecule has 0 spiro atoms. The Morgan fingerprint density at radius 1 is 1.07 bits per heavy atom. The van der Waals surface area contributed by atoms with Gasteiger partial charge in [-0.05, 0) is 70.9 Å². The second kappa shape index (κ2) is 17.1. The van der Waals surface area contributed by atoms with Crippen molar-refractivity contribution >= 4 is 24.0 Å². The number of ether oxygens (including phenoxy) is 3. The van der Waals surface area contributed by atoms with E-state index in [4.69, 9.17) is 20.6 Å². The Morgan fingerprint density at radius 3 is 2.44 bits per heavy atom. The summed E-state index contributed by atoms with van der Waals surface area (Å²) < 4.78 is 32.2. The fourth-order valence-corrected chi connectivity index (χ4v) is 6.80. The van der Waals surface area contributed by atoms with Gasteiger partial charge >= 0.3 is 12.2 Å². The van der Waals surface area contributed by atoms with Crippen molar-refractivity contribution < 1.29 is 37.8 Å². The number of aromatic nitrogens is 3. The molecule has 14 nitrogen and oxygen atoms in total. The van der Waals surface area contributed by atoms with Crippen LogP contribution in [0.5, 0.6) is 0 Å². The molecule has 2 aliphatic heterocycles. The second-order valence-corrected chi connectivity index (χ2v) is 14.6. The molecule has 0 saturated carbocycles. The first-order chi connectivity index (χ1) is 25.7. The first kappa shape index (κ1) is 39.7. The Hall–Kier alpha value is -5.49. The highest BCUT2D eigenvalue weighted by molar-refractivity contribution is 5.92. The zero-order valence-electron chi connectivity index (χ0n) is 31.5. The molecule has 1 aromatic heterocycles. The van der Waals surface area contributed by atoms with Crippen molar-refractivity contribution in [3.63, 3.8) is 0 Å². The third kappa shape index (κ3) is 9.54. The highest BCUT2D eigenvalue weighted by atomic mass is 19.1. The third-order valence-corrected chi connectivity index (χ3v) is 9.66. The van der Waals surface area contributed by atoms with Gasteiger partial charge in [-0.1, -0.05) is 41.5 Å². The predicted molar refractivity (Wildman–Crippen MR) is 196 cm³/mol. The van der Waals surface area contributed by atoms with E-state index in [0.29, 0.717) is 24.2 Å². The van der Waals surface area contributed by atoms with Gasteiger partial charge in [-0.3, -0.25) is 19.2 Å². The lowest BCUT2D eigenvalue weighted by Crippen LogP contribution is -2.59. The largest absolute Gasteiger partial charge is 0.445 e. The van der Waals surface area contributed by atoms with Gasteiger partial charge < -0.3 is 29.3 Å². The summed E-state index contributed by atoms with van der Waals surface area (Å²) in [5.74, 6) is 0.690. The zero-order valence-corrected chi connectivity index (χ0v) is 31.5. The summed E-state index contributed by atoms with van der Waals surface area (Å²) in [5, 5.41) is 11.4. The molecule has 1 N–H and O–H groups in total. The van der Waals surface area contributed by atoms with Crippen LogP contribution in [0.2, 0.25) is 0 Å². The lowest BCUT2D eigenvalue weighted by Gasteiger charge is -2.35. The van der Waals surface area contributed by atoms with E-state index >= 15 is 0 Å². The molecule has 4 amide bonds. The van der Waals surface area contributed by atoms with Crippen LogP contribution in [0.15, 0.2) is 60.8 Å². The van der Waals surface area contributed by atoms with Gasteiger partial charge in [0.2, 0.25) is 11.8 Å². The van der Waals surface area contributed by atoms with Crippen LogP contribution in [-0.2, 0) is 37.0 Å². The number of carbonyl (C=O) groups excluding carboxylic acids is 4. The maximum atomic E-state index is 14.6. The summed E-state index contributed by atoms with van der Waals surface area (Å²) in [6.45, 7) is 9.15. The van der Waals surface area contributed by atoms with Crippen molar-refractivity contribution in [2.24, 2.45) is 5.92 Å². The number of fused-ring (bicyclic) bond motifs is 1. The number of halogens is 1. The Kier molecular flexibility index (Phi) is 12.6. The van der Waals surface area contributed by atoms with Gasteiger partial charge in [0.15, 0.2) is 0 Å². The Labute approximate surface area is 314 Å². The molecule has 0 aliphatic carbocycles. The highest BCUT2D eigenvalue weighted by Gasteiger charge is 2.53. The molecular formula is C39H48FN7O7. The molecule has 0 bridgehead atoms. The van der Waals surface area contributed by atoms with Crippen LogP contribution in [0.1, 0.15) is 46.6 Å². The summed E-state index contributed by atoms with van der Waals surface area (Å²) in [6.07, 6.45) is 5.61. The summed E-state index contributed by atoms with van der Waals surface area (Å²) in [5.41, 5.74) is 1.28. The molecule has 3 aromatic rings. The van der Waals surface area contributed by atoms with Crippen molar-refractivity contribution in [1.82, 2.24) is 35.0 Å². The maximum Gasteiger partial charge on any atom is 0.410 e. The molecule has 2 fully saturated rings. The summed E-state index contributed by atoms with van der Waals surface area (Å²) in [6, 6.07) is 12.2. The maximum absolute atomic E-state index is 14.6. The van der Waals surface area contributed by atoms with Gasteiger partial charge in [0.05, 0.1) is 24.4 Å². The van der Waals surface area contributed by atoms with E-state index in [1.807, 2.05) is 30.3 Å². The number of hydrogen-bond donors (Lipinski definition) is 1. The van der Waals surface area contributed by atoms with Gasteiger partial charge in [0.1, 0.15) is 42.4 Å². The molecule has 54 heavy (non-hydrogen) atoms. The van der Waals surface area contributed by atoms with Crippen LogP contribution in [-0.4, -0.2) is 116 Å². The zero-order chi connectivity index (χ0) is 39.2. The van der Waals surface area contributed by atoms with E-state index in [0.717, 1.165) is 10.5 Å². The molecule has 2 saturated heterocycles. The van der Waals surface area contributed by atoms with Crippen LogP contribution in [0.25, 0.3) is 11.3 Å². The van der Waals surface area contributed by atoms with E-state index in [2.05, 4.69) is 21.5 Å². The number of terminal acetylenes is 1. The average molecular weight is 746 g/mol. The summed E-state index contributed by atoms with van der Waals surface area (Å²) >= 11 is 0. The molecule has 6 atom stereocenters. The standard InChI is InChI=1S/C39H48FN7O7/c1-8-20-52-26(3)33(41-35(48)25(2)44(7)37(50)54-39(4,5)6)36(49)46-19-18-32-34(46)29(22-47(32)38(51)53-24-27-12-10-9-11-13-27)21-45-23-31(42-43-45)28-14-16-30(40)17-15-28/h1,9-17,23,25-26,29,32-34H,18-22,24H2,2-7H3,(H,41,48)/t25-,26?,29?,32+,33-,34+/m0/s1. The van der Waals surface area contributed by atoms with Gasteiger partial charge in [-0.2, -0.15) is 0 Å². The first-order valence-electron chi connectivity index (χ1n) is 17.9. The van der Waals surface area contributed by atoms with E-state index in [1.54, 1.807) is 60.5 Å². The first-order valence-corrected chi connectivity index (χ1v) is 17.9. The normalized spacial score (nSPS) is 19.6. The minimum absolute atomic E-state index is 0.0824. The number of rotatable bonds is 12. The van der Waals surface area contributed by atoms with Crippen molar-refractivity contribution in [2.75, 3.05) is 26.7 Å². The summed E-state index contributed by atoms with van der Waals surface area (Å²) in [7, 11) is 1.44. The minimum atomic E-state index is -1.18. The SMILES string of the molecule is C#CCOC(C)[C@H](NC(=O)[C@H](C)N(C)C(=O)OC(C)(C)C)C(=O)N1CC[C@@H]2[C@H]1C(Cn1cc(-c3ccc(F)cc3)nn1)CN2C(=O)OCc1ccccc1. The van der Waals surface area contributed by atoms with Gasteiger partial charge in [0, 0.05) is 38.2 Å². The van der Waals surface area contributed by atoms with Gasteiger partial charge in [0.25, 0.3) is 0 Å². The molecule has 2 unspecified atom stereocenters. The van der Waals surface area contributed by atoms with E-state index in [1.165, 1.54) is 26.1 Å². The number of likely N-dealkylation sites (N-methyl/N-ethyl adjacent to an activating group) is 1. The number of amides is 4. The van der Waals surface area contributed by atoms with Crippen molar-refractivity contribution in [2.45, 2.75) is 90.1 Å². The number of carbonyl (C=O) groups is 4. The lowest BCUT2D eigenvalue weighted by molar-refractivity contribution is -0.142. The van der Waals surface area contributed by atoms with Crippen LogP contribution < -0.4 is 5.32 Å². The number of nitrogens with one attached hydrogen (secondary N) is 1. The number of benzene rings is 2. The lowest BCUT2D eigenvalue weighted by atomic mass is 9.98. The molecule has 5 rings (SSSR count). The van der Waals surface area contributed by atoms with Crippen LogP contribution in [0, 0.1) is 24.1 Å². The molecule has 0 radical (unpaired) electrons. The van der Waals surface area contributed by atoms with Crippen LogP contribution in [0.4, 0.5) is 14.0 Å². The molecule has 15 heteroatoms. The fraction of sp³-hybridized carbons (Fsp3) is 0.487. The monoisotopic (exact) mass is 745 g/mol. The van der Waals surface area contributed by atoms with E-state index in [-0.39, 0.29) is 38.0 Å². The molecule has 2 aromatic carbocycles. The molecule has 3 heterocycles. The number of nitrogens with zero attached hydrogens (tertiary/aromatic N) is 6. The van der Waals surface area contributed by atoms with E-state index in [9.17, 15) is 23.6 Å². The Morgan fingerprint density at radius 2 is 1.78 bits per heavy atom. The Bertz CT molecular complexity index is 1820. The quantitative estimate of drug-likeness (QED) is 0.271. The van der Waals surface area contributed by atoms with E-state index < -0.39 is 59.9 Å². The second-order valence-electron chi connectivity index (χ2n) is 14.6. The highest BCUT2D eigenvalue weighted by Crippen LogP contribution is 2.38. The number of likely N-dealkylation sites (tertiary alicyclic amines) is 2. The minimum Gasteiger partial charge on any atom is -0.445 e. The topological polar surface area (TPSA) is 148 Å². The smallest absolute Gasteiger partial charge is 0.410 e. The van der Waals surface area contributed by atoms with Crippen LogP contribution >= 0.6 is 0 Å². The van der Waals surface area contributed by atoms with Crippen molar-refractivity contribution in [3.05, 3.63) is 72.2 Å². The van der Waals surface area contributed by atoms with Crippen molar-refractivity contribution in [1.29, 1.82) is 0 Å².